The maximum absolute atomic E-state index is 13.4. The number of benzene rings is 2. The van der Waals surface area contributed by atoms with Crippen molar-refractivity contribution in [3.63, 3.8) is 0 Å². The van der Waals surface area contributed by atoms with Crippen LogP contribution in [0.5, 0.6) is 5.75 Å². The van der Waals surface area contributed by atoms with Crippen LogP contribution >= 0.6 is 22.9 Å². The van der Waals surface area contributed by atoms with Crippen molar-refractivity contribution in [2.75, 3.05) is 80.5 Å². The number of carbonyl (C=O) groups is 6. The number of imide groups is 1. The molecule has 0 spiro atoms. The zero-order valence-electron chi connectivity index (χ0n) is 37.6. The van der Waals surface area contributed by atoms with Crippen molar-refractivity contribution >= 4 is 87.2 Å². The molecule has 2 atom stereocenters. The molecule has 67 heavy (non-hydrogen) atoms. The summed E-state index contributed by atoms with van der Waals surface area (Å²) in [7, 11) is 3.27. The average molecular weight is 957 g/mol. The first kappa shape index (κ1) is 47.3. The standard InChI is InChI=1S/C46H54ClN11O8S/c1-4-34-45(64)55(2)36-23-49-46(54-41(36)57(34)25-29-9-12-38(47)67-29)52-33-10-8-27(22-37(33)65-3)42(61)50-28-14-17-56(18-15-28)19-21-66-20-16-48-24-40(60)51-32-7-5-6-30-31(32)26-58(44(30)63)35-11-13-39(59)53-43(35)62/h5-10,12,22-23,28,34-35,48H,4,11,13-21,24-26H2,1-3H3,(H,50,61)(H,51,60)(H,49,52,54)(H,53,59,62)/t34-,35?/m1/s1. The fourth-order valence-electron chi connectivity index (χ4n) is 8.85. The van der Waals surface area contributed by atoms with Crippen molar-refractivity contribution in [2.24, 2.45) is 0 Å². The van der Waals surface area contributed by atoms with Crippen molar-refractivity contribution in [2.45, 2.75) is 70.2 Å². The zero-order chi connectivity index (χ0) is 47.2. The number of nitrogens with zero attached hydrogens (tertiary/aromatic N) is 6. The van der Waals surface area contributed by atoms with Gasteiger partial charge in [0.25, 0.3) is 11.8 Å². The highest BCUT2D eigenvalue weighted by Gasteiger charge is 2.40. The second-order valence-corrected chi connectivity index (χ2v) is 18.6. The van der Waals surface area contributed by atoms with Gasteiger partial charge < -0.3 is 50.3 Å². The molecule has 5 N–H and O–H groups in total. The number of likely N-dealkylation sites (N-methyl/N-ethyl adjacent to an activating group) is 1. The van der Waals surface area contributed by atoms with Crippen LogP contribution in [-0.2, 0) is 37.0 Å². The van der Waals surface area contributed by atoms with E-state index in [1.165, 1.54) is 23.3 Å². The van der Waals surface area contributed by atoms with Crippen LogP contribution in [0.3, 0.4) is 0 Å². The normalized spacial score (nSPS) is 18.7. The Bertz CT molecular complexity index is 2530. The fraction of sp³-hybridized carbons (Fsp3) is 0.435. The van der Waals surface area contributed by atoms with Gasteiger partial charge in [0.05, 0.1) is 49.6 Å². The lowest BCUT2D eigenvalue weighted by Crippen LogP contribution is -2.52. The van der Waals surface area contributed by atoms with Crippen LogP contribution in [0.1, 0.15) is 70.2 Å². The summed E-state index contributed by atoms with van der Waals surface area (Å²) in [6.07, 6.45) is 4.24. The first-order chi connectivity index (χ1) is 32.4. The van der Waals surface area contributed by atoms with Crippen LogP contribution in [0.15, 0.2) is 54.7 Å². The lowest BCUT2D eigenvalue weighted by molar-refractivity contribution is -0.137. The van der Waals surface area contributed by atoms with Crippen molar-refractivity contribution in [1.29, 1.82) is 0 Å². The van der Waals surface area contributed by atoms with E-state index in [4.69, 9.17) is 26.1 Å². The lowest BCUT2D eigenvalue weighted by Gasteiger charge is -2.40. The molecular formula is C46H54ClN11O8S. The van der Waals surface area contributed by atoms with Crippen LogP contribution in [0.2, 0.25) is 4.34 Å². The molecule has 2 saturated heterocycles. The van der Waals surface area contributed by atoms with Crippen LogP contribution in [-0.4, -0.2) is 133 Å². The molecule has 4 aliphatic rings. The minimum absolute atomic E-state index is 0.0134. The number of methoxy groups -OCH3 is 1. The summed E-state index contributed by atoms with van der Waals surface area (Å²) in [5, 5.41) is 14.7. The average Bonchev–Trinajstić information content (AvgIpc) is 3.90. The number of piperidine rings is 2. The number of hydrogen-bond acceptors (Lipinski definition) is 15. The topological polar surface area (TPSA) is 220 Å². The Kier molecular flexibility index (Phi) is 15.0. The minimum Gasteiger partial charge on any atom is -0.495 e. The molecule has 21 heteroatoms. The first-order valence-electron chi connectivity index (χ1n) is 22.4. The molecule has 4 aliphatic heterocycles. The van der Waals surface area contributed by atoms with E-state index >= 15 is 0 Å². The van der Waals surface area contributed by atoms with Gasteiger partial charge in [0.1, 0.15) is 23.5 Å². The number of ether oxygens (including phenoxy) is 2. The molecule has 2 aromatic carbocycles. The Labute approximate surface area is 396 Å². The van der Waals surface area contributed by atoms with Gasteiger partial charge in [0, 0.05) is 79.5 Å². The van der Waals surface area contributed by atoms with Gasteiger partial charge in [-0.3, -0.25) is 34.1 Å². The number of aromatic nitrogens is 2. The van der Waals surface area contributed by atoms with E-state index in [2.05, 4.69) is 36.5 Å². The number of fused-ring (bicyclic) bond motifs is 2. The second kappa shape index (κ2) is 21.2. The molecule has 0 bridgehead atoms. The number of amides is 6. The molecule has 0 aliphatic carbocycles. The molecule has 19 nitrogen and oxygen atoms in total. The molecule has 2 fully saturated rings. The summed E-state index contributed by atoms with van der Waals surface area (Å²) < 4.78 is 12.2. The number of anilines is 5. The van der Waals surface area contributed by atoms with E-state index in [0.29, 0.717) is 88.3 Å². The second-order valence-electron chi connectivity index (χ2n) is 16.8. The molecule has 0 saturated carbocycles. The van der Waals surface area contributed by atoms with Crippen molar-refractivity contribution < 1.29 is 38.2 Å². The molecule has 4 aromatic rings. The number of halogens is 1. The Morgan fingerprint density at radius 3 is 2.58 bits per heavy atom. The highest BCUT2D eigenvalue weighted by atomic mass is 35.5. The summed E-state index contributed by atoms with van der Waals surface area (Å²) in [4.78, 5) is 94.4. The maximum atomic E-state index is 13.4. The van der Waals surface area contributed by atoms with Gasteiger partial charge in [0.15, 0.2) is 5.82 Å². The van der Waals surface area contributed by atoms with E-state index in [1.54, 1.807) is 54.5 Å². The SMILES string of the molecule is CC[C@@H]1C(=O)N(C)c2cnc(Nc3ccc(C(=O)NC4CCN(CCOCCNCC(=O)Nc5cccc6c5CN(C5CCC(=O)NC5=O)C6=O)CC4)cc3OC)nc2N1Cc1ccc(Cl)s1. The minimum atomic E-state index is -0.732. The molecule has 0 radical (unpaired) electrons. The van der Waals surface area contributed by atoms with Gasteiger partial charge in [-0.05, 0) is 68.1 Å². The van der Waals surface area contributed by atoms with E-state index in [-0.39, 0.29) is 61.5 Å². The van der Waals surface area contributed by atoms with Gasteiger partial charge >= 0.3 is 0 Å². The van der Waals surface area contributed by atoms with Crippen LogP contribution in [0, 0.1) is 0 Å². The largest absolute Gasteiger partial charge is 0.495 e. The third-order valence-electron chi connectivity index (χ3n) is 12.5. The van der Waals surface area contributed by atoms with Gasteiger partial charge in [-0.2, -0.15) is 4.98 Å². The zero-order valence-corrected chi connectivity index (χ0v) is 39.1. The summed E-state index contributed by atoms with van der Waals surface area (Å²) in [6.45, 7) is 6.41. The number of thiophene rings is 1. The summed E-state index contributed by atoms with van der Waals surface area (Å²) >= 11 is 7.69. The Balaban J connectivity index is 0.741. The third-order valence-corrected chi connectivity index (χ3v) is 13.7. The van der Waals surface area contributed by atoms with Gasteiger partial charge in [0.2, 0.25) is 29.6 Å². The Hall–Kier alpha value is -6.19. The van der Waals surface area contributed by atoms with Crippen molar-refractivity contribution in [1.82, 2.24) is 35.7 Å². The predicted octanol–water partition coefficient (Wildman–Crippen LogP) is 3.91. The number of rotatable bonds is 18. The number of nitrogens with one attached hydrogen (secondary N) is 5. The Morgan fingerprint density at radius 1 is 1.01 bits per heavy atom. The molecule has 1 unspecified atom stereocenters. The maximum Gasteiger partial charge on any atom is 0.255 e. The highest BCUT2D eigenvalue weighted by molar-refractivity contribution is 7.16. The molecule has 8 rings (SSSR count). The summed E-state index contributed by atoms with van der Waals surface area (Å²) in [5.74, 6) is -0.254. The first-order valence-corrected chi connectivity index (χ1v) is 23.6. The predicted molar refractivity (Wildman–Crippen MR) is 253 cm³/mol. The van der Waals surface area contributed by atoms with Gasteiger partial charge in [-0.1, -0.05) is 24.6 Å². The smallest absolute Gasteiger partial charge is 0.255 e. The molecular weight excluding hydrogens is 902 g/mol. The monoisotopic (exact) mass is 955 g/mol. The van der Waals surface area contributed by atoms with Crippen molar-refractivity contribution in [3.8, 4) is 5.75 Å². The van der Waals surface area contributed by atoms with Crippen LogP contribution in [0.4, 0.5) is 28.8 Å². The van der Waals surface area contributed by atoms with E-state index in [9.17, 15) is 28.8 Å². The third kappa shape index (κ3) is 10.8. The summed E-state index contributed by atoms with van der Waals surface area (Å²) in [5.41, 5.74) is 3.22. The van der Waals surface area contributed by atoms with Crippen molar-refractivity contribution in [3.05, 3.63) is 80.6 Å². The van der Waals surface area contributed by atoms with Gasteiger partial charge in [-0.15, -0.1) is 11.3 Å². The number of hydrogen-bond donors (Lipinski definition) is 5. The van der Waals surface area contributed by atoms with Gasteiger partial charge in [-0.25, -0.2) is 4.98 Å². The van der Waals surface area contributed by atoms with E-state index < -0.39 is 18.0 Å². The molecule has 2 aromatic heterocycles. The fourth-order valence-corrected chi connectivity index (χ4v) is 9.93. The molecule has 6 amide bonds. The highest BCUT2D eigenvalue weighted by Crippen LogP contribution is 2.38. The van der Waals surface area contributed by atoms with Crippen LogP contribution < -0.4 is 41.1 Å². The van der Waals surface area contributed by atoms with E-state index in [1.807, 2.05) is 24.0 Å². The van der Waals surface area contributed by atoms with E-state index in [0.717, 1.165) is 37.4 Å². The molecule has 6 heterocycles. The Morgan fingerprint density at radius 2 is 1.84 bits per heavy atom. The number of carbonyl (C=O) groups excluding carboxylic acids is 6. The van der Waals surface area contributed by atoms with Crippen LogP contribution in [0.25, 0.3) is 0 Å². The molecule has 354 valence electrons. The summed E-state index contributed by atoms with van der Waals surface area (Å²) in [6, 6.07) is 13.0. The quantitative estimate of drug-likeness (QED) is 0.0706. The number of likely N-dealkylation sites (tertiary alicyclic amines) is 1. The lowest BCUT2D eigenvalue weighted by atomic mass is 10.0.